The summed E-state index contributed by atoms with van der Waals surface area (Å²) in [5, 5.41) is 5.31. The van der Waals surface area contributed by atoms with Crippen LogP contribution in [0, 0.1) is 5.92 Å². The van der Waals surface area contributed by atoms with Gasteiger partial charge >= 0.3 is 12.0 Å². The van der Waals surface area contributed by atoms with Crippen LogP contribution in [-0.2, 0) is 14.3 Å². The molecule has 1 aliphatic heterocycles. The van der Waals surface area contributed by atoms with Crippen molar-refractivity contribution in [3.05, 3.63) is 29.8 Å². The highest BCUT2D eigenvalue weighted by atomic mass is 16.5. The molecule has 2 rings (SSSR count). The van der Waals surface area contributed by atoms with E-state index in [9.17, 15) is 19.2 Å². The Balaban J connectivity index is 1.96. The van der Waals surface area contributed by atoms with Crippen molar-refractivity contribution in [1.29, 1.82) is 0 Å². The molecule has 1 aromatic carbocycles. The first-order valence-electron chi connectivity index (χ1n) is 9.37. The molecule has 0 spiro atoms. The summed E-state index contributed by atoms with van der Waals surface area (Å²) in [6.07, 6.45) is 1.30. The molecule has 1 unspecified atom stereocenters. The SMILES string of the molecule is CCOC(=O)c1ccc(NC(=O)CN2C(=O)NC(C)(CCC(C)C)C2=O)cc1. The van der Waals surface area contributed by atoms with Crippen LogP contribution in [0.15, 0.2) is 24.3 Å². The van der Waals surface area contributed by atoms with Crippen LogP contribution in [-0.4, -0.2) is 47.4 Å². The highest BCUT2D eigenvalue weighted by Gasteiger charge is 2.47. The third-order valence-corrected chi connectivity index (χ3v) is 4.55. The Morgan fingerprint density at radius 1 is 1.21 bits per heavy atom. The fraction of sp³-hybridized carbons (Fsp3) is 0.500. The lowest BCUT2D eigenvalue weighted by Crippen LogP contribution is -2.44. The number of anilines is 1. The van der Waals surface area contributed by atoms with Crippen LogP contribution < -0.4 is 10.6 Å². The molecule has 152 valence electrons. The standard InChI is InChI=1S/C20H27N3O5/c1-5-28-17(25)14-6-8-15(9-7-14)21-16(24)12-23-18(26)20(4,22-19(23)27)11-10-13(2)3/h6-9,13H,5,10-12H2,1-4H3,(H,21,24)(H,22,27). The number of rotatable bonds is 8. The molecule has 0 saturated carbocycles. The second-order valence-electron chi connectivity index (χ2n) is 7.43. The second-order valence-corrected chi connectivity index (χ2v) is 7.43. The maximum absolute atomic E-state index is 12.6. The van der Waals surface area contributed by atoms with Crippen molar-refractivity contribution in [1.82, 2.24) is 10.2 Å². The minimum Gasteiger partial charge on any atom is -0.462 e. The minimum absolute atomic E-state index is 0.277. The zero-order valence-electron chi connectivity index (χ0n) is 16.7. The number of esters is 1. The van der Waals surface area contributed by atoms with Gasteiger partial charge in [-0.2, -0.15) is 0 Å². The average molecular weight is 389 g/mol. The number of amides is 4. The minimum atomic E-state index is -0.983. The van der Waals surface area contributed by atoms with Gasteiger partial charge in [-0.15, -0.1) is 0 Å². The van der Waals surface area contributed by atoms with Gasteiger partial charge in [0.1, 0.15) is 12.1 Å². The van der Waals surface area contributed by atoms with Gasteiger partial charge in [-0.25, -0.2) is 9.59 Å². The van der Waals surface area contributed by atoms with Gasteiger partial charge in [-0.1, -0.05) is 13.8 Å². The Morgan fingerprint density at radius 2 is 1.86 bits per heavy atom. The number of hydrogen-bond acceptors (Lipinski definition) is 5. The van der Waals surface area contributed by atoms with E-state index >= 15 is 0 Å². The fourth-order valence-electron chi connectivity index (χ4n) is 2.89. The van der Waals surface area contributed by atoms with Gasteiger partial charge in [0.15, 0.2) is 0 Å². The average Bonchev–Trinajstić information content (AvgIpc) is 2.84. The van der Waals surface area contributed by atoms with Gasteiger partial charge in [0.2, 0.25) is 5.91 Å². The number of hydrogen-bond donors (Lipinski definition) is 2. The molecule has 0 bridgehead atoms. The summed E-state index contributed by atoms with van der Waals surface area (Å²) >= 11 is 0. The third kappa shape index (κ3) is 5.09. The van der Waals surface area contributed by atoms with Crippen molar-refractivity contribution in [2.75, 3.05) is 18.5 Å². The molecule has 8 nitrogen and oxygen atoms in total. The van der Waals surface area contributed by atoms with E-state index in [4.69, 9.17) is 4.74 Å². The lowest BCUT2D eigenvalue weighted by molar-refractivity contribution is -0.133. The maximum Gasteiger partial charge on any atom is 0.338 e. The molecule has 1 saturated heterocycles. The van der Waals surface area contributed by atoms with Crippen molar-refractivity contribution in [2.45, 2.75) is 46.1 Å². The maximum atomic E-state index is 12.6. The highest BCUT2D eigenvalue weighted by Crippen LogP contribution is 2.24. The van der Waals surface area contributed by atoms with Gasteiger partial charge < -0.3 is 15.4 Å². The van der Waals surface area contributed by atoms with E-state index in [0.717, 1.165) is 11.3 Å². The largest absolute Gasteiger partial charge is 0.462 e. The molecule has 1 aromatic rings. The Hall–Kier alpha value is -2.90. The lowest BCUT2D eigenvalue weighted by Gasteiger charge is -2.22. The van der Waals surface area contributed by atoms with Gasteiger partial charge in [0, 0.05) is 5.69 Å². The summed E-state index contributed by atoms with van der Waals surface area (Å²) in [4.78, 5) is 49.7. The quantitative estimate of drug-likeness (QED) is 0.525. The van der Waals surface area contributed by atoms with E-state index in [1.807, 2.05) is 13.8 Å². The number of nitrogens with zero attached hydrogens (tertiary/aromatic N) is 1. The number of ether oxygens (including phenoxy) is 1. The first-order chi connectivity index (χ1) is 13.2. The van der Waals surface area contributed by atoms with Crippen LogP contribution in [0.3, 0.4) is 0 Å². The number of nitrogens with one attached hydrogen (secondary N) is 2. The van der Waals surface area contributed by atoms with Crippen molar-refractivity contribution < 1.29 is 23.9 Å². The molecule has 0 radical (unpaired) electrons. The molecule has 8 heteroatoms. The van der Waals surface area contributed by atoms with E-state index < -0.39 is 29.4 Å². The van der Waals surface area contributed by atoms with Crippen LogP contribution in [0.5, 0.6) is 0 Å². The Morgan fingerprint density at radius 3 is 2.43 bits per heavy atom. The Bertz CT molecular complexity index is 760. The number of carbonyl (C=O) groups is 4. The third-order valence-electron chi connectivity index (χ3n) is 4.55. The van der Waals surface area contributed by atoms with E-state index in [1.54, 1.807) is 26.0 Å². The molecule has 1 atom stereocenters. The van der Waals surface area contributed by atoms with Crippen LogP contribution in [0.4, 0.5) is 10.5 Å². The highest BCUT2D eigenvalue weighted by molar-refractivity contribution is 6.09. The molecule has 2 N–H and O–H groups in total. The zero-order valence-corrected chi connectivity index (χ0v) is 16.7. The first-order valence-corrected chi connectivity index (χ1v) is 9.37. The van der Waals surface area contributed by atoms with E-state index in [2.05, 4.69) is 10.6 Å². The summed E-state index contributed by atoms with van der Waals surface area (Å²) < 4.78 is 4.90. The van der Waals surface area contributed by atoms with Crippen LogP contribution in [0.2, 0.25) is 0 Å². The monoisotopic (exact) mass is 389 g/mol. The smallest absolute Gasteiger partial charge is 0.338 e. The molecular weight excluding hydrogens is 362 g/mol. The summed E-state index contributed by atoms with van der Waals surface area (Å²) in [7, 11) is 0. The molecule has 28 heavy (non-hydrogen) atoms. The predicted octanol–water partition coefficient (Wildman–Crippen LogP) is 2.55. The lowest BCUT2D eigenvalue weighted by atomic mass is 9.92. The van der Waals surface area contributed by atoms with Gasteiger partial charge in [-0.05, 0) is 56.9 Å². The predicted molar refractivity (Wildman–Crippen MR) is 104 cm³/mol. The molecular formula is C20H27N3O5. The number of urea groups is 1. The van der Waals surface area contributed by atoms with E-state index in [0.29, 0.717) is 23.6 Å². The Kier molecular flexibility index (Phi) is 6.77. The summed E-state index contributed by atoms with van der Waals surface area (Å²) in [6, 6.07) is 5.62. The van der Waals surface area contributed by atoms with Gasteiger partial charge in [-0.3, -0.25) is 14.5 Å². The van der Waals surface area contributed by atoms with Crippen molar-refractivity contribution in [2.24, 2.45) is 5.92 Å². The Labute approximate surface area is 164 Å². The van der Waals surface area contributed by atoms with E-state index in [1.165, 1.54) is 12.1 Å². The normalized spacial score (nSPS) is 19.0. The number of carbonyl (C=O) groups excluding carboxylic acids is 4. The molecule has 1 aliphatic rings. The van der Waals surface area contributed by atoms with Gasteiger partial charge in [0.05, 0.1) is 12.2 Å². The van der Waals surface area contributed by atoms with Gasteiger partial charge in [0.25, 0.3) is 5.91 Å². The summed E-state index contributed by atoms with van der Waals surface area (Å²) in [6.45, 7) is 7.39. The van der Waals surface area contributed by atoms with Crippen molar-refractivity contribution in [3.63, 3.8) is 0 Å². The van der Waals surface area contributed by atoms with Crippen molar-refractivity contribution in [3.8, 4) is 0 Å². The van der Waals surface area contributed by atoms with Crippen LogP contribution in [0.25, 0.3) is 0 Å². The number of imide groups is 1. The summed E-state index contributed by atoms with van der Waals surface area (Å²) in [5.74, 6) is -0.941. The van der Waals surface area contributed by atoms with E-state index in [-0.39, 0.29) is 13.2 Å². The molecule has 0 aliphatic carbocycles. The molecule has 1 heterocycles. The first kappa shape index (κ1) is 21.4. The van der Waals surface area contributed by atoms with Crippen LogP contribution in [0.1, 0.15) is 50.9 Å². The van der Waals surface area contributed by atoms with Crippen molar-refractivity contribution >= 4 is 29.5 Å². The molecule has 1 fully saturated rings. The summed E-state index contributed by atoms with van der Waals surface area (Å²) in [5.41, 5.74) is -0.161. The topological polar surface area (TPSA) is 105 Å². The molecule has 4 amide bonds. The number of benzene rings is 1. The second kappa shape index (κ2) is 8.86. The van der Waals surface area contributed by atoms with Crippen LogP contribution >= 0.6 is 0 Å². The fourth-order valence-corrected chi connectivity index (χ4v) is 2.89. The molecule has 0 aromatic heterocycles. The zero-order chi connectivity index (χ0) is 20.9.